The molecule has 3 aliphatic rings. The van der Waals surface area contributed by atoms with Gasteiger partial charge in [-0.3, -0.25) is 4.99 Å². The monoisotopic (exact) mass is 385 g/mol. The molecule has 0 bridgehead atoms. The Morgan fingerprint density at radius 2 is 1.72 bits per heavy atom. The Morgan fingerprint density at radius 1 is 1.00 bits per heavy atom. The fraction of sp³-hybridized carbons (Fsp3) is 0.250. The van der Waals surface area contributed by atoms with Gasteiger partial charge in [-0.15, -0.1) is 4.59 Å². The molecule has 1 aliphatic carbocycles. The zero-order valence-corrected chi connectivity index (χ0v) is 16.6. The van der Waals surface area contributed by atoms with E-state index >= 15 is 0 Å². The van der Waals surface area contributed by atoms with Crippen LogP contribution in [-0.4, -0.2) is 29.8 Å². The fourth-order valence-corrected chi connectivity index (χ4v) is 4.15. The average Bonchev–Trinajstić information content (AvgIpc) is 3.16. The van der Waals surface area contributed by atoms with Gasteiger partial charge < -0.3 is 4.74 Å². The zero-order chi connectivity index (χ0) is 19.7. The first kappa shape index (κ1) is 17.9. The van der Waals surface area contributed by atoms with Crippen molar-refractivity contribution in [1.29, 1.82) is 0 Å². The molecule has 0 amide bonds. The van der Waals surface area contributed by atoms with E-state index < -0.39 is 0 Å². The molecule has 1 fully saturated rings. The van der Waals surface area contributed by atoms with E-state index in [0.29, 0.717) is 17.2 Å². The number of fused-ring (bicyclic) bond motifs is 1. The Hall–Kier alpha value is -3.18. The van der Waals surface area contributed by atoms with Gasteiger partial charge in [-0.1, -0.05) is 24.3 Å². The van der Waals surface area contributed by atoms with Crippen molar-refractivity contribution in [3.8, 4) is 16.9 Å². The Labute approximate surface area is 171 Å². The third-order valence-corrected chi connectivity index (χ3v) is 5.86. The van der Waals surface area contributed by atoms with Crippen molar-refractivity contribution < 1.29 is 9.33 Å². The third kappa shape index (κ3) is 3.08. The Balaban J connectivity index is 1.47. The van der Waals surface area contributed by atoms with Crippen LogP contribution in [0.4, 0.5) is 5.69 Å². The van der Waals surface area contributed by atoms with Crippen molar-refractivity contribution in [1.82, 2.24) is 0 Å². The molecule has 1 atom stereocenters. The lowest BCUT2D eigenvalue weighted by atomic mass is 9.91. The standard InChI is InChI=1S/C24H25N4O/c1-2-29-24-12-8-20(9-13-24)19-6-10-22(11-7-19)27(21-4-3-5-21)28-15-14-25-16-23(28)17-26-18-28/h6-18,21H,2-5H2,1H3/q+1. The van der Waals surface area contributed by atoms with Crippen LogP contribution in [0, 0.1) is 0 Å². The SMILES string of the molecule is CCOc1ccc(-c2ccc(N(C3CCC3)[N+]34C=CN=CC3=CN=C4)cc2)cc1. The van der Waals surface area contributed by atoms with Crippen molar-refractivity contribution in [2.75, 3.05) is 11.6 Å². The summed E-state index contributed by atoms with van der Waals surface area (Å²) in [4.78, 5) is 8.78. The smallest absolute Gasteiger partial charge is 0.225 e. The van der Waals surface area contributed by atoms with Gasteiger partial charge in [0.05, 0.1) is 37.0 Å². The van der Waals surface area contributed by atoms with Crippen LogP contribution in [0.15, 0.2) is 82.8 Å². The largest absolute Gasteiger partial charge is 0.494 e. The maximum Gasteiger partial charge on any atom is 0.225 e. The van der Waals surface area contributed by atoms with Crippen molar-refractivity contribution in [3.05, 3.63) is 72.8 Å². The molecule has 1 unspecified atom stereocenters. The van der Waals surface area contributed by atoms with Crippen molar-refractivity contribution in [2.45, 2.75) is 32.2 Å². The molecule has 0 saturated heterocycles. The van der Waals surface area contributed by atoms with Gasteiger partial charge in [0.1, 0.15) is 5.75 Å². The molecule has 146 valence electrons. The summed E-state index contributed by atoms with van der Waals surface area (Å²) in [6.45, 7) is 2.69. The quantitative estimate of drug-likeness (QED) is 0.634. The summed E-state index contributed by atoms with van der Waals surface area (Å²) in [7, 11) is 0. The third-order valence-electron chi connectivity index (χ3n) is 5.86. The van der Waals surface area contributed by atoms with Gasteiger partial charge in [-0.2, -0.15) is 0 Å². The van der Waals surface area contributed by atoms with Gasteiger partial charge in [0.25, 0.3) is 0 Å². The lowest BCUT2D eigenvalue weighted by molar-refractivity contribution is -0.746. The lowest BCUT2D eigenvalue weighted by Crippen LogP contribution is -2.61. The number of allylic oxidation sites excluding steroid dienone is 1. The molecule has 0 spiro atoms. The molecular weight excluding hydrogens is 360 g/mol. The summed E-state index contributed by atoms with van der Waals surface area (Å²) >= 11 is 0. The minimum absolute atomic E-state index is 0.496. The first-order valence-electron chi connectivity index (χ1n) is 10.3. The van der Waals surface area contributed by atoms with E-state index in [1.54, 1.807) is 0 Å². The second kappa shape index (κ2) is 7.33. The second-order valence-electron chi connectivity index (χ2n) is 7.57. The van der Waals surface area contributed by atoms with E-state index in [4.69, 9.17) is 4.74 Å². The Morgan fingerprint density at radius 3 is 2.38 bits per heavy atom. The summed E-state index contributed by atoms with van der Waals surface area (Å²) in [6.07, 6.45) is 13.5. The van der Waals surface area contributed by atoms with Crippen LogP contribution in [0.5, 0.6) is 5.75 Å². The normalized spacial score (nSPS) is 22.2. The molecule has 2 aliphatic heterocycles. The molecule has 0 N–H and O–H groups in total. The van der Waals surface area contributed by atoms with Gasteiger partial charge in [0.2, 0.25) is 12.0 Å². The number of hydrogen-bond donors (Lipinski definition) is 0. The number of rotatable bonds is 6. The van der Waals surface area contributed by atoms with Crippen LogP contribution in [0.2, 0.25) is 0 Å². The van der Waals surface area contributed by atoms with E-state index in [2.05, 4.69) is 57.6 Å². The van der Waals surface area contributed by atoms with Gasteiger partial charge in [-0.05, 0) is 61.6 Å². The minimum Gasteiger partial charge on any atom is -0.494 e. The maximum atomic E-state index is 5.56. The van der Waals surface area contributed by atoms with E-state index in [1.807, 2.05) is 44.0 Å². The number of ether oxygens (including phenoxy) is 1. The first-order chi connectivity index (χ1) is 14.3. The number of nitrogens with zero attached hydrogens (tertiary/aromatic N) is 4. The summed E-state index contributed by atoms with van der Waals surface area (Å²) in [6, 6.07) is 17.6. The molecule has 5 rings (SSSR count). The number of hydrogen-bond acceptors (Lipinski definition) is 4. The molecule has 0 aromatic heterocycles. The molecule has 2 aromatic carbocycles. The van der Waals surface area contributed by atoms with Crippen molar-refractivity contribution >= 4 is 18.2 Å². The number of quaternary nitrogens is 1. The van der Waals surface area contributed by atoms with Crippen LogP contribution in [0.3, 0.4) is 0 Å². The van der Waals surface area contributed by atoms with Crippen LogP contribution in [-0.2, 0) is 0 Å². The van der Waals surface area contributed by atoms with Gasteiger partial charge in [0, 0.05) is 0 Å². The molecule has 5 nitrogen and oxygen atoms in total. The van der Waals surface area contributed by atoms with Gasteiger partial charge in [0.15, 0.2) is 6.20 Å². The predicted molar refractivity (Wildman–Crippen MR) is 118 cm³/mol. The zero-order valence-electron chi connectivity index (χ0n) is 16.6. The molecule has 0 radical (unpaired) electrons. The highest BCUT2D eigenvalue weighted by atomic mass is 16.5. The van der Waals surface area contributed by atoms with Crippen LogP contribution >= 0.6 is 0 Å². The fourth-order valence-electron chi connectivity index (χ4n) is 4.15. The number of aliphatic imine (C=N–C) groups is 2. The first-order valence-corrected chi connectivity index (χ1v) is 10.3. The van der Waals surface area contributed by atoms with E-state index in [1.165, 1.54) is 36.1 Å². The predicted octanol–water partition coefficient (Wildman–Crippen LogP) is 5.28. The minimum atomic E-state index is 0.496. The van der Waals surface area contributed by atoms with E-state index in [-0.39, 0.29) is 0 Å². The van der Waals surface area contributed by atoms with Crippen LogP contribution in [0.1, 0.15) is 26.2 Å². The summed E-state index contributed by atoms with van der Waals surface area (Å²) in [5, 5.41) is 2.47. The van der Waals surface area contributed by atoms with E-state index in [0.717, 1.165) is 11.4 Å². The summed E-state index contributed by atoms with van der Waals surface area (Å²) in [5.41, 5.74) is 4.67. The topological polar surface area (TPSA) is 37.2 Å². The van der Waals surface area contributed by atoms with Crippen molar-refractivity contribution in [2.24, 2.45) is 9.98 Å². The van der Waals surface area contributed by atoms with Gasteiger partial charge in [-0.25, -0.2) is 10.0 Å². The molecule has 2 heterocycles. The van der Waals surface area contributed by atoms with Crippen LogP contribution < -0.4 is 9.75 Å². The highest BCUT2D eigenvalue weighted by molar-refractivity contribution is 5.82. The maximum absolute atomic E-state index is 5.56. The van der Waals surface area contributed by atoms with Gasteiger partial charge >= 0.3 is 0 Å². The molecule has 2 aromatic rings. The van der Waals surface area contributed by atoms with Crippen LogP contribution in [0.25, 0.3) is 11.1 Å². The van der Waals surface area contributed by atoms with Crippen molar-refractivity contribution in [3.63, 3.8) is 0 Å². The van der Waals surface area contributed by atoms with E-state index in [9.17, 15) is 0 Å². The molecule has 29 heavy (non-hydrogen) atoms. The molecular formula is C24H25N4O+. The lowest BCUT2D eigenvalue weighted by Gasteiger charge is -2.46. The molecule has 5 heteroatoms. The highest BCUT2D eigenvalue weighted by Crippen LogP contribution is 2.39. The number of anilines is 1. The summed E-state index contributed by atoms with van der Waals surface area (Å²) < 4.78 is 6.05. The average molecular weight is 385 g/mol. The Bertz CT molecular complexity index is 1000. The Kier molecular flexibility index (Phi) is 4.52. The highest BCUT2D eigenvalue weighted by Gasteiger charge is 2.46. The number of benzene rings is 2. The molecule has 1 saturated carbocycles. The second-order valence-corrected chi connectivity index (χ2v) is 7.57. The summed E-state index contributed by atoms with van der Waals surface area (Å²) in [5.74, 6) is 0.908.